The van der Waals surface area contributed by atoms with Crippen LogP contribution < -0.4 is 5.73 Å². The molecule has 1 aliphatic carbocycles. The summed E-state index contributed by atoms with van der Waals surface area (Å²) in [6, 6.07) is 6.89. The van der Waals surface area contributed by atoms with Crippen molar-refractivity contribution in [1.82, 2.24) is 4.90 Å². The van der Waals surface area contributed by atoms with Gasteiger partial charge < -0.3 is 10.6 Å². The molecule has 1 amide bonds. The van der Waals surface area contributed by atoms with Gasteiger partial charge in [0.15, 0.2) is 0 Å². The Morgan fingerprint density at radius 2 is 2.09 bits per heavy atom. The molecular formula is C19H27FN2O. The molecule has 2 atom stereocenters. The maximum Gasteiger partial charge on any atom is 0.233 e. The van der Waals surface area contributed by atoms with Gasteiger partial charge in [0, 0.05) is 12.6 Å². The number of halogens is 1. The Labute approximate surface area is 138 Å². The Balaban J connectivity index is 1.94. The topological polar surface area (TPSA) is 46.3 Å². The predicted molar refractivity (Wildman–Crippen MR) is 89.5 cm³/mol. The van der Waals surface area contributed by atoms with Crippen LogP contribution in [0, 0.1) is 11.7 Å². The number of nitrogens with two attached hydrogens (primary N) is 1. The molecule has 2 unspecified atom stereocenters. The van der Waals surface area contributed by atoms with Crippen molar-refractivity contribution in [3.05, 3.63) is 35.6 Å². The number of likely N-dealkylation sites (tertiary alicyclic amines) is 1. The molecule has 126 valence electrons. The van der Waals surface area contributed by atoms with Crippen molar-refractivity contribution in [3.63, 3.8) is 0 Å². The molecular weight excluding hydrogens is 291 g/mol. The van der Waals surface area contributed by atoms with Crippen molar-refractivity contribution in [2.45, 2.75) is 56.9 Å². The van der Waals surface area contributed by atoms with Crippen LogP contribution in [0.15, 0.2) is 24.3 Å². The van der Waals surface area contributed by atoms with Gasteiger partial charge in [-0.15, -0.1) is 0 Å². The quantitative estimate of drug-likeness (QED) is 0.930. The van der Waals surface area contributed by atoms with Gasteiger partial charge >= 0.3 is 0 Å². The van der Waals surface area contributed by atoms with Crippen LogP contribution in [0.1, 0.15) is 51.0 Å². The number of amides is 1. The van der Waals surface area contributed by atoms with E-state index in [-0.39, 0.29) is 17.8 Å². The standard InChI is InChI=1S/C19H27FN2O/c1-14-10-15(12-21)13-22(14)18(23)19(8-3-2-4-9-19)16-6-5-7-17(20)11-16/h5-7,11,14-15H,2-4,8-10,12-13,21H2,1H3. The van der Waals surface area contributed by atoms with Crippen LogP contribution in [0.25, 0.3) is 0 Å². The molecule has 3 rings (SSSR count). The highest BCUT2D eigenvalue weighted by Crippen LogP contribution is 2.42. The van der Waals surface area contributed by atoms with E-state index in [0.29, 0.717) is 12.5 Å². The second-order valence-corrected chi connectivity index (χ2v) is 7.30. The molecule has 0 spiro atoms. The average molecular weight is 318 g/mol. The van der Waals surface area contributed by atoms with Crippen molar-refractivity contribution >= 4 is 5.91 Å². The Morgan fingerprint density at radius 1 is 1.35 bits per heavy atom. The molecule has 1 aromatic carbocycles. The van der Waals surface area contributed by atoms with E-state index in [1.54, 1.807) is 12.1 Å². The fourth-order valence-electron chi connectivity index (χ4n) is 4.44. The van der Waals surface area contributed by atoms with Crippen molar-refractivity contribution in [1.29, 1.82) is 0 Å². The Bertz CT molecular complexity index is 568. The summed E-state index contributed by atoms with van der Waals surface area (Å²) in [4.78, 5) is 15.5. The molecule has 2 N–H and O–H groups in total. The van der Waals surface area contributed by atoms with Gasteiger partial charge in [-0.25, -0.2) is 4.39 Å². The maximum atomic E-state index is 13.8. The van der Waals surface area contributed by atoms with Crippen LogP contribution in [0.3, 0.4) is 0 Å². The SMILES string of the molecule is CC1CC(CN)CN1C(=O)C1(c2cccc(F)c2)CCCCC1. The molecule has 3 nitrogen and oxygen atoms in total. The lowest BCUT2D eigenvalue weighted by Gasteiger charge is -2.40. The van der Waals surface area contributed by atoms with Gasteiger partial charge in [-0.1, -0.05) is 31.4 Å². The minimum atomic E-state index is -0.544. The molecule has 1 saturated heterocycles. The molecule has 0 aromatic heterocycles. The van der Waals surface area contributed by atoms with Gasteiger partial charge in [0.2, 0.25) is 5.91 Å². The first-order chi connectivity index (χ1) is 11.1. The van der Waals surface area contributed by atoms with E-state index in [0.717, 1.165) is 50.6 Å². The number of benzene rings is 1. The first kappa shape index (κ1) is 16.4. The van der Waals surface area contributed by atoms with Crippen molar-refractivity contribution in [2.75, 3.05) is 13.1 Å². The van der Waals surface area contributed by atoms with Gasteiger partial charge in [0.25, 0.3) is 0 Å². The third-order valence-corrected chi connectivity index (χ3v) is 5.75. The fourth-order valence-corrected chi connectivity index (χ4v) is 4.44. The van der Waals surface area contributed by atoms with Gasteiger partial charge in [0.1, 0.15) is 5.82 Å². The summed E-state index contributed by atoms with van der Waals surface area (Å²) in [6.45, 7) is 3.48. The largest absolute Gasteiger partial charge is 0.339 e. The van der Waals surface area contributed by atoms with Crippen LogP contribution in [0.4, 0.5) is 4.39 Å². The van der Waals surface area contributed by atoms with E-state index in [1.807, 2.05) is 11.0 Å². The number of nitrogens with zero attached hydrogens (tertiary/aromatic N) is 1. The fraction of sp³-hybridized carbons (Fsp3) is 0.632. The van der Waals surface area contributed by atoms with E-state index in [1.165, 1.54) is 6.07 Å². The lowest BCUT2D eigenvalue weighted by molar-refractivity contribution is -0.139. The van der Waals surface area contributed by atoms with Crippen LogP contribution in [-0.4, -0.2) is 29.9 Å². The zero-order valence-electron chi connectivity index (χ0n) is 13.9. The molecule has 1 aromatic rings. The molecule has 1 heterocycles. The molecule has 0 bridgehead atoms. The number of rotatable bonds is 3. The highest BCUT2D eigenvalue weighted by Gasteiger charge is 2.46. The van der Waals surface area contributed by atoms with Crippen molar-refractivity contribution < 1.29 is 9.18 Å². The number of carbonyl (C=O) groups excluding carboxylic acids is 1. The molecule has 1 saturated carbocycles. The Kier molecular flexibility index (Phi) is 4.72. The normalized spacial score (nSPS) is 27.2. The lowest BCUT2D eigenvalue weighted by Crippen LogP contribution is -2.49. The second-order valence-electron chi connectivity index (χ2n) is 7.30. The summed E-state index contributed by atoms with van der Waals surface area (Å²) in [7, 11) is 0. The van der Waals surface area contributed by atoms with Gasteiger partial charge in [-0.2, -0.15) is 0 Å². The summed E-state index contributed by atoms with van der Waals surface area (Å²) in [5.41, 5.74) is 6.12. The number of hydrogen-bond acceptors (Lipinski definition) is 2. The first-order valence-electron chi connectivity index (χ1n) is 8.84. The predicted octanol–water partition coefficient (Wildman–Crippen LogP) is 3.22. The van der Waals surface area contributed by atoms with Crippen molar-refractivity contribution in [3.8, 4) is 0 Å². The summed E-state index contributed by atoms with van der Waals surface area (Å²) >= 11 is 0. The van der Waals surface area contributed by atoms with Gasteiger partial charge in [-0.3, -0.25) is 4.79 Å². The number of carbonyl (C=O) groups is 1. The highest BCUT2D eigenvalue weighted by atomic mass is 19.1. The number of hydrogen-bond donors (Lipinski definition) is 1. The summed E-state index contributed by atoms with van der Waals surface area (Å²) in [6.07, 6.45) is 5.85. The summed E-state index contributed by atoms with van der Waals surface area (Å²) in [5.74, 6) is 0.322. The molecule has 2 aliphatic rings. The van der Waals surface area contributed by atoms with Crippen LogP contribution in [-0.2, 0) is 10.2 Å². The summed E-state index contributed by atoms with van der Waals surface area (Å²) < 4.78 is 13.8. The monoisotopic (exact) mass is 318 g/mol. The minimum absolute atomic E-state index is 0.186. The Morgan fingerprint density at radius 3 is 2.70 bits per heavy atom. The zero-order chi connectivity index (χ0) is 16.4. The van der Waals surface area contributed by atoms with Crippen LogP contribution in [0.2, 0.25) is 0 Å². The van der Waals surface area contributed by atoms with Gasteiger partial charge in [-0.05, 0) is 56.3 Å². The molecule has 2 fully saturated rings. The maximum absolute atomic E-state index is 13.8. The minimum Gasteiger partial charge on any atom is -0.339 e. The van der Waals surface area contributed by atoms with Crippen LogP contribution in [0.5, 0.6) is 0 Å². The molecule has 23 heavy (non-hydrogen) atoms. The summed E-state index contributed by atoms with van der Waals surface area (Å²) in [5, 5.41) is 0. The lowest BCUT2D eigenvalue weighted by atomic mass is 9.68. The van der Waals surface area contributed by atoms with E-state index in [9.17, 15) is 9.18 Å². The van der Waals surface area contributed by atoms with E-state index in [2.05, 4.69) is 6.92 Å². The van der Waals surface area contributed by atoms with E-state index >= 15 is 0 Å². The highest BCUT2D eigenvalue weighted by molar-refractivity contribution is 5.89. The third kappa shape index (κ3) is 3.01. The van der Waals surface area contributed by atoms with Gasteiger partial charge in [0.05, 0.1) is 5.41 Å². The molecule has 0 radical (unpaired) electrons. The average Bonchev–Trinajstić information content (AvgIpc) is 2.95. The molecule has 1 aliphatic heterocycles. The molecule has 4 heteroatoms. The Hall–Kier alpha value is -1.42. The zero-order valence-corrected chi connectivity index (χ0v) is 13.9. The third-order valence-electron chi connectivity index (χ3n) is 5.75. The van der Waals surface area contributed by atoms with E-state index in [4.69, 9.17) is 5.73 Å². The van der Waals surface area contributed by atoms with Crippen LogP contribution >= 0.6 is 0 Å². The van der Waals surface area contributed by atoms with E-state index < -0.39 is 5.41 Å². The second kappa shape index (κ2) is 6.60. The smallest absolute Gasteiger partial charge is 0.233 e. The van der Waals surface area contributed by atoms with Crippen molar-refractivity contribution in [2.24, 2.45) is 11.7 Å². The first-order valence-corrected chi connectivity index (χ1v) is 8.84.